The van der Waals surface area contributed by atoms with Crippen LogP contribution in [-0.4, -0.2) is 43.2 Å². The van der Waals surface area contributed by atoms with Gasteiger partial charge in [0.2, 0.25) is 0 Å². The van der Waals surface area contributed by atoms with Crippen LogP contribution >= 0.6 is 0 Å². The lowest BCUT2D eigenvalue weighted by molar-refractivity contribution is -0.137. The molecule has 1 aliphatic heterocycles. The van der Waals surface area contributed by atoms with Crippen molar-refractivity contribution in [3.63, 3.8) is 0 Å². The van der Waals surface area contributed by atoms with Crippen molar-refractivity contribution in [2.45, 2.75) is 24.7 Å². The zero-order valence-electron chi connectivity index (χ0n) is 14.0. The van der Waals surface area contributed by atoms with Crippen LogP contribution in [0.3, 0.4) is 0 Å². The van der Waals surface area contributed by atoms with Gasteiger partial charge < -0.3 is 19.8 Å². The number of amides is 1. The SMILES string of the molecule is COCC1C[C@@H](NC(=O)c2ncc(-c3cccc(C(F)(F)F)c3)o2)CN1. The third-order valence-corrected chi connectivity index (χ3v) is 4.10. The van der Waals surface area contributed by atoms with Crippen molar-refractivity contribution in [2.24, 2.45) is 0 Å². The highest BCUT2D eigenvalue weighted by Crippen LogP contribution is 2.32. The largest absolute Gasteiger partial charge is 0.432 e. The molecular formula is C17H18F3N3O3. The van der Waals surface area contributed by atoms with Crippen LogP contribution in [0.1, 0.15) is 22.7 Å². The Bertz CT molecular complexity index is 776. The lowest BCUT2D eigenvalue weighted by Gasteiger charge is -2.10. The number of benzene rings is 1. The number of oxazole rings is 1. The van der Waals surface area contributed by atoms with Crippen molar-refractivity contribution in [1.82, 2.24) is 15.6 Å². The third kappa shape index (κ3) is 4.23. The van der Waals surface area contributed by atoms with E-state index in [2.05, 4.69) is 15.6 Å². The predicted molar refractivity (Wildman–Crippen MR) is 86.5 cm³/mol. The van der Waals surface area contributed by atoms with Gasteiger partial charge in [-0.05, 0) is 18.6 Å². The highest BCUT2D eigenvalue weighted by molar-refractivity contribution is 5.90. The van der Waals surface area contributed by atoms with Crippen LogP contribution in [0, 0.1) is 0 Å². The number of ether oxygens (including phenoxy) is 1. The Morgan fingerprint density at radius 2 is 2.27 bits per heavy atom. The molecule has 2 N–H and O–H groups in total. The van der Waals surface area contributed by atoms with Gasteiger partial charge in [-0.25, -0.2) is 4.98 Å². The van der Waals surface area contributed by atoms with E-state index in [-0.39, 0.29) is 29.3 Å². The molecule has 1 saturated heterocycles. The van der Waals surface area contributed by atoms with Gasteiger partial charge in [-0.2, -0.15) is 13.2 Å². The molecule has 0 spiro atoms. The van der Waals surface area contributed by atoms with Crippen molar-refractivity contribution < 1.29 is 27.1 Å². The van der Waals surface area contributed by atoms with Crippen molar-refractivity contribution in [2.75, 3.05) is 20.3 Å². The molecule has 1 fully saturated rings. The molecule has 1 aromatic heterocycles. The number of hydrogen-bond donors (Lipinski definition) is 2. The van der Waals surface area contributed by atoms with E-state index in [4.69, 9.17) is 9.15 Å². The number of aromatic nitrogens is 1. The summed E-state index contributed by atoms with van der Waals surface area (Å²) in [6.07, 6.45) is -2.50. The number of hydrogen-bond acceptors (Lipinski definition) is 5. The van der Waals surface area contributed by atoms with E-state index in [1.807, 2.05) is 0 Å². The van der Waals surface area contributed by atoms with Crippen LogP contribution in [0.4, 0.5) is 13.2 Å². The Hall–Kier alpha value is -2.39. The molecule has 3 rings (SSSR count). The van der Waals surface area contributed by atoms with E-state index in [1.165, 1.54) is 18.3 Å². The smallest absolute Gasteiger partial charge is 0.416 e. The van der Waals surface area contributed by atoms with Crippen LogP contribution in [0.5, 0.6) is 0 Å². The molecular weight excluding hydrogens is 351 g/mol. The zero-order chi connectivity index (χ0) is 18.7. The van der Waals surface area contributed by atoms with Gasteiger partial charge in [0, 0.05) is 31.3 Å². The van der Waals surface area contributed by atoms with Crippen molar-refractivity contribution >= 4 is 5.91 Å². The van der Waals surface area contributed by atoms with Crippen molar-refractivity contribution in [3.05, 3.63) is 41.9 Å². The third-order valence-electron chi connectivity index (χ3n) is 4.10. The summed E-state index contributed by atoms with van der Waals surface area (Å²) in [4.78, 5) is 16.1. The van der Waals surface area contributed by atoms with Gasteiger partial charge in [0.15, 0.2) is 5.76 Å². The Morgan fingerprint density at radius 3 is 3.00 bits per heavy atom. The van der Waals surface area contributed by atoms with Crippen molar-refractivity contribution in [1.29, 1.82) is 0 Å². The van der Waals surface area contributed by atoms with E-state index in [0.29, 0.717) is 19.6 Å². The second kappa shape index (κ2) is 7.46. The molecule has 1 unspecified atom stereocenters. The maximum absolute atomic E-state index is 12.8. The lowest BCUT2D eigenvalue weighted by Crippen LogP contribution is -2.36. The van der Waals surface area contributed by atoms with Crippen LogP contribution in [0.15, 0.2) is 34.9 Å². The maximum Gasteiger partial charge on any atom is 0.416 e. The molecule has 0 radical (unpaired) electrons. The quantitative estimate of drug-likeness (QED) is 0.847. The topological polar surface area (TPSA) is 76.4 Å². The fourth-order valence-corrected chi connectivity index (χ4v) is 2.87. The number of methoxy groups -OCH3 is 1. The monoisotopic (exact) mass is 369 g/mol. The van der Waals surface area contributed by atoms with Gasteiger partial charge >= 0.3 is 12.1 Å². The molecule has 0 saturated carbocycles. The zero-order valence-corrected chi connectivity index (χ0v) is 14.0. The predicted octanol–water partition coefficient (Wildman–Crippen LogP) is 2.47. The molecule has 6 nitrogen and oxygen atoms in total. The van der Waals surface area contributed by atoms with Crippen molar-refractivity contribution in [3.8, 4) is 11.3 Å². The molecule has 1 aromatic carbocycles. The van der Waals surface area contributed by atoms with Gasteiger partial charge in [0.05, 0.1) is 18.4 Å². The summed E-state index contributed by atoms with van der Waals surface area (Å²) in [7, 11) is 1.61. The number of nitrogens with zero attached hydrogens (tertiary/aromatic N) is 1. The minimum absolute atomic E-state index is 0.0912. The Balaban J connectivity index is 1.67. The van der Waals surface area contributed by atoms with Gasteiger partial charge in [0.25, 0.3) is 5.89 Å². The molecule has 1 aliphatic rings. The molecule has 2 heterocycles. The van der Waals surface area contributed by atoms with E-state index in [1.54, 1.807) is 7.11 Å². The second-order valence-corrected chi connectivity index (χ2v) is 6.07. The molecule has 1 amide bonds. The van der Waals surface area contributed by atoms with Gasteiger partial charge in [-0.15, -0.1) is 0 Å². The van der Waals surface area contributed by atoms with E-state index < -0.39 is 17.6 Å². The molecule has 0 aliphatic carbocycles. The highest BCUT2D eigenvalue weighted by atomic mass is 19.4. The summed E-state index contributed by atoms with van der Waals surface area (Å²) in [6, 6.07) is 4.74. The molecule has 140 valence electrons. The maximum atomic E-state index is 12.8. The number of carbonyl (C=O) groups is 1. The van der Waals surface area contributed by atoms with Gasteiger partial charge in [0.1, 0.15) is 0 Å². The summed E-state index contributed by atoms with van der Waals surface area (Å²) >= 11 is 0. The molecule has 0 bridgehead atoms. The van der Waals surface area contributed by atoms with Crippen LogP contribution in [-0.2, 0) is 10.9 Å². The minimum Gasteiger partial charge on any atom is -0.432 e. The normalized spacial score (nSPS) is 20.3. The highest BCUT2D eigenvalue weighted by Gasteiger charge is 2.31. The minimum atomic E-state index is -4.45. The van der Waals surface area contributed by atoms with Crippen LogP contribution in [0.2, 0.25) is 0 Å². The van der Waals surface area contributed by atoms with Crippen LogP contribution in [0.25, 0.3) is 11.3 Å². The van der Waals surface area contributed by atoms with E-state index in [0.717, 1.165) is 12.1 Å². The fraction of sp³-hybridized carbons (Fsp3) is 0.412. The summed E-state index contributed by atoms with van der Waals surface area (Å²) in [5.74, 6) is -0.594. The molecule has 2 atom stereocenters. The average molecular weight is 369 g/mol. The first-order chi connectivity index (χ1) is 12.4. The Morgan fingerprint density at radius 1 is 1.46 bits per heavy atom. The summed E-state index contributed by atoms with van der Waals surface area (Å²) in [6.45, 7) is 1.14. The summed E-state index contributed by atoms with van der Waals surface area (Å²) in [5, 5.41) is 6.01. The first-order valence-electron chi connectivity index (χ1n) is 8.03. The summed E-state index contributed by atoms with van der Waals surface area (Å²) in [5.41, 5.74) is -0.590. The fourth-order valence-electron chi connectivity index (χ4n) is 2.87. The number of nitrogens with one attached hydrogen (secondary N) is 2. The average Bonchev–Trinajstić information content (AvgIpc) is 3.24. The van der Waals surface area contributed by atoms with E-state index in [9.17, 15) is 18.0 Å². The standard InChI is InChI=1S/C17H18F3N3O3/c1-25-9-13-6-12(7-21-13)23-15(24)16-22-8-14(26-16)10-3-2-4-11(5-10)17(18,19)20/h2-5,8,12-13,21H,6-7,9H2,1H3,(H,23,24)/t12-,13?/m1/s1. The number of alkyl halides is 3. The number of halogens is 3. The Labute approximate surface area is 147 Å². The molecule has 2 aromatic rings. The first-order valence-corrected chi connectivity index (χ1v) is 8.03. The van der Waals surface area contributed by atoms with Gasteiger partial charge in [-0.3, -0.25) is 4.79 Å². The molecule has 26 heavy (non-hydrogen) atoms. The summed E-state index contributed by atoms with van der Waals surface area (Å²) < 4.78 is 48.8. The molecule has 9 heteroatoms. The van der Waals surface area contributed by atoms with Crippen LogP contribution < -0.4 is 10.6 Å². The number of carbonyl (C=O) groups excluding carboxylic acids is 1. The van der Waals surface area contributed by atoms with Gasteiger partial charge in [-0.1, -0.05) is 12.1 Å². The first kappa shape index (κ1) is 18.4. The second-order valence-electron chi connectivity index (χ2n) is 6.07. The lowest BCUT2D eigenvalue weighted by atomic mass is 10.1. The Kier molecular flexibility index (Phi) is 5.28. The number of rotatable bonds is 5. The van der Waals surface area contributed by atoms with E-state index >= 15 is 0 Å².